The highest BCUT2D eigenvalue weighted by atomic mass is 31.2. The molecule has 0 amide bonds. The van der Waals surface area contributed by atoms with Crippen molar-refractivity contribution in [3.63, 3.8) is 0 Å². The number of nitrogen functional groups attached to an aromatic ring is 1. The molecule has 3 heterocycles. The van der Waals surface area contributed by atoms with Crippen molar-refractivity contribution in [2.75, 3.05) is 26.1 Å². The molecular formula is C35H50N5O11P. The predicted octanol–water partition coefficient (Wildman–Crippen LogP) is 4.60. The molecule has 1 unspecified atom stereocenters. The van der Waals surface area contributed by atoms with Crippen molar-refractivity contribution in [1.82, 2.24) is 19.7 Å². The number of carbonyl (C=O) groups is 3. The number of hydrogen-bond acceptors (Lipinski definition) is 14. The second-order valence-electron chi connectivity index (χ2n) is 13.9. The molecule has 0 spiro atoms. The summed E-state index contributed by atoms with van der Waals surface area (Å²) in [6, 6.07) is 10.4. The number of para-hydroxylation sites is 1. The normalized spacial score (nSPS) is 22.2. The Morgan fingerprint density at radius 3 is 2.31 bits per heavy atom. The third-order valence-corrected chi connectivity index (χ3v) is 10.3. The van der Waals surface area contributed by atoms with Crippen LogP contribution in [0.1, 0.15) is 67.5 Å². The SMILES string of the molecule is COC(C)(C)CCOC(=O)[C@H](C)NP(=O)(OC[C@H]1O[C@@](C)(c2ccc3c(N)ncnn23)[C@H](OC(=O)C(C)C)[C@@H]1OC(=O)C(C)C)Oc1ccccc1. The molecular weight excluding hydrogens is 697 g/mol. The minimum Gasteiger partial charge on any atom is -0.464 e. The standard InChI is InChI=1S/C35H50N5O11P/c1-21(2)31(41)48-28-26(50-35(8,29(28)49-32(42)22(3)4)27-16-15-25-30(36)37-20-38-40(25)27)19-47-52(44,51-24-13-11-10-12-14-24)39-23(5)33(43)46-18-17-34(6,7)45-9/h10-16,20-23,26,28-29H,17-19H2,1-9H3,(H,39,44)(H2,36,37,38)/t23-,26+,28+,29+,35-,52?/m0/s1. The fourth-order valence-corrected chi connectivity index (χ4v) is 6.77. The van der Waals surface area contributed by atoms with Crippen LogP contribution in [0.2, 0.25) is 0 Å². The van der Waals surface area contributed by atoms with E-state index in [9.17, 15) is 18.9 Å². The average molecular weight is 748 g/mol. The van der Waals surface area contributed by atoms with E-state index in [2.05, 4.69) is 15.2 Å². The second-order valence-corrected chi connectivity index (χ2v) is 15.6. The van der Waals surface area contributed by atoms with Gasteiger partial charge in [0, 0.05) is 13.5 Å². The van der Waals surface area contributed by atoms with Crippen LogP contribution in [0.15, 0.2) is 48.8 Å². The first-order valence-electron chi connectivity index (χ1n) is 17.1. The summed E-state index contributed by atoms with van der Waals surface area (Å²) >= 11 is 0. The third-order valence-electron chi connectivity index (χ3n) is 8.62. The Bertz CT molecular complexity index is 1750. The van der Waals surface area contributed by atoms with E-state index < -0.39 is 79.7 Å². The van der Waals surface area contributed by atoms with Gasteiger partial charge < -0.3 is 33.9 Å². The lowest BCUT2D eigenvalue weighted by Gasteiger charge is -2.31. The number of nitrogens with zero attached hydrogens (tertiary/aromatic N) is 3. The summed E-state index contributed by atoms with van der Waals surface area (Å²) in [5, 5.41) is 7.00. The Balaban J connectivity index is 1.69. The number of esters is 3. The zero-order valence-electron chi connectivity index (χ0n) is 31.1. The van der Waals surface area contributed by atoms with Crippen molar-refractivity contribution in [2.24, 2.45) is 11.8 Å². The summed E-state index contributed by atoms with van der Waals surface area (Å²) in [6.07, 6.45) is -1.99. The van der Waals surface area contributed by atoms with E-state index in [-0.39, 0.29) is 18.2 Å². The molecule has 1 aromatic carbocycles. The number of anilines is 1. The van der Waals surface area contributed by atoms with Gasteiger partial charge in [0.2, 0.25) is 0 Å². The van der Waals surface area contributed by atoms with Gasteiger partial charge in [-0.2, -0.15) is 10.2 Å². The zero-order chi connectivity index (χ0) is 38.4. The van der Waals surface area contributed by atoms with Crippen LogP contribution in [0.3, 0.4) is 0 Å². The minimum atomic E-state index is -4.41. The number of rotatable bonds is 17. The van der Waals surface area contributed by atoms with Gasteiger partial charge in [0.1, 0.15) is 35.3 Å². The number of nitrogens with one attached hydrogen (secondary N) is 1. The van der Waals surface area contributed by atoms with Gasteiger partial charge in [-0.3, -0.25) is 18.9 Å². The van der Waals surface area contributed by atoms with Crippen molar-refractivity contribution in [3.05, 3.63) is 54.5 Å². The van der Waals surface area contributed by atoms with E-state index in [0.29, 0.717) is 17.6 Å². The van der Waals surface area contributed by atoms with Gasteiger partial charge in [-0.15, -0.1) is 0 Å². The summed E-state index contributed by atoms with van der Waals surface area (Å²) in [7, 11) is -2.85. The van der Waals surface area contributed by atoms with Gasteiger partial charge in [0.15, 0.2) is 18.0 Å². The van der Waals surface area contributed by atoms with E-state index >= 15 is 0 Å². The Morgan fingerprint density at radius 1 is 1.02 bits per heavy atom. The fraction of sp³-hybridized carbons (Fsp3) is 0.571. The molecule has 17 heteroatoms. The Hall–Kier alpha value is -4.08. The maximum atomic E-state index is 14.5. The highest BCUT2D eigenvalue weighted by Crippen LogP contribution is 2.48. The quantitative estimate of drug-likeness (QED) is 0.110. The number of aromatic nitrogens is 3. The third kappa shape index (κ3) is 9.66. The maximum absolute atomic E-state index is 14.5. The van der Waals surface area contributed by atoms with E-state index in [0.717, 1.165) is 0 Å². The number of nitrogens with two attached hydrogens (primary N) is 1. The first-order chi connectivity index (χ1) is 24.4. The van der Waals surface area contributed by atoms with Crippen LogP contribution in [0.4, 0.5) is 5.82 Å². The second kappa shape index (κ2) is 16.7. The number of methoxy groups -OCH3 is 1. The summed E-state index contributed by atoms with van der Waals surface area (Å²) < 4.78 is 57.2. The van der Waals surface area contributed by atoms with Crippen molar-refractivity contribution < 1.29 is 51.7 Å². The summed E-state index contributed by atoms with van der Waals surface area (Å²) in [4.78, 5) is 43.3. The topological polar surface area (TPSA) is 201 Å². The lowest BCUT2D eigenvalue weighted by Crippen LogP contribution is -2.46. The van der Waals surface area contributed by atoms with Gasteiger partial charge in [-0.1, -0.05) is 45.9 Å². The first kappa shape index (κ1) is 40.7. The zero-order valence-corrected chi connectivity index (χ0v) is 32.0. The van der Waals surface area contributed by atoms with E-state index in [1.807, 2.05) is 13.8 Å². The van der Waals surface area contributed by atoms with Crippen molar-refractivity contribution >= 4 is 37.0 Å². The van der Waals surface area contributed by atoms with Crippen LogP contribution in [0.5, 0.6) is 5.75 Å². The molecule has 0 bridgehead atoms. The maximum Gasteiger partial charge on any atom is 0.459 e. The van der Waals surface area contributed by atoms with Crippen LogP contribution >= 0.6 is 7.75 Å². The Labute approximate surface area is 303 Å². The van der Waals surface area contributed by atoms with Crippen LogP contribution in [0, 0.1) is 11.8 Å². The molecule has 1 aliphatic heterocycles. The highest BCUT2D eigenvalue weighted by molar-refractivity contribution is 7.52. The van der Waals surface area contributed by atoms with E-state index in [1.165, 1.54) is 17.8 Å². The molecule has 6 atom stereocenters. The number of carbonyl (C=O) groups excluding carboxylic acids is 3. The molecule has 0 aliphatic carbocycles. The molecule has 0 radical (unpaired) electrons. The Kier molecular flexibility index (Phi) is 13.1. The molecule has 52 heavy (non-hydrogen) atoms. The van der Waals surface area contributed by atoms with Crippen LogP contribution in [-0.2, 0) is 52.8 Å². The predicted molar refractivity (Wildman–Crippen MR) is 189 cm³/mol. The monoisotopic (exact) mass is 747 g/mol. The van der Waals surface area contributed by atoms with Gasteiger partial charge in [0.05, 0.1) is 36.3 Å². The van der Waals surface area contributed by atoms with Crippen molar-refractivity contribution in [1.29, 1.82) is 0 Å². The number of hydrogen-bond donors (Lipinski definition) is 2. The summed E-state index contributed by atoms with van der Waals surface area (Å²) in [5.41, 5.74) is 4.94. The number of fused-ring (bicyclic) bond motifs is 1. The lowest BCUT2D eigenvalue weighted by molar-refractivity contribution is -0.175. The van der Waals surface area contributed by atoms with Crippen LogP contribution in [-0.4, -0.2) is 82.8 Å². The molecule has 1 aliphatic rings. The van der Waals surface area contributed by atoms with Gasteiger partial charge >= 0.3 is 25.7 Å². The summed E-state index contributed by atoms with van der Waals surface area (Å²) in [6.45, 7) is 13.0. The molecule has 286 valence electrons. The highest BCUT2D eigenvalue weighted by Gasteiger charge is 2.59. The van der Waals surface area contributed by atoms with Crippen LogP contribution in [0.25, 0.3) is 5.52 Å². The molecule has 1 saturated heterocycles. The summed E-state index contributed by atoms with van der Waals surface area (Å²) in [5.74, 6) is -2.62. The molecule has 1 fully saturated rings. The van der Waals surface area contributed by atoms with Crippen molar-refractivity contribution in [2.45, 2.75) is 97.4 Å². The molecule has 2 aromatic heterocycles. The largest absolute Gasteiger partial charge is 0.464 e. The molecule has 16 nitrogen and oxygen atoms in total. The van der Waals surface area contributed by atoms with Gasteiger partial charge in [-0.05, 0) is 52.0 Å². The minimum absolute atomic E-state index is 0.0509. The average Bonchev–Trinajstić information content (AvgIpc) is 3.64. The Morgan fingerprint density at radius 2 is 1.67 bits per heavy atom. The van der Waals surface area contributed by atoms with Gasteiger partial charge in [-0.25, -0.2) is 14.1 Å². The first-order valence-corrected chi connectivity index (χ1v) is 18.6. The van der Waals surface area contributed by atoms with Gasteiger partial charge in [0.25, 0.3) is 0 Å². The smallest absolute Gasteiger partial charge is 0.459 e. The molecule has 3 N–H and O–H groups in total. The molecule has 0 saturated carbocycles. The van der Waals surface area contributed by atoms with E-state index in [1.54, 1.807) is 84.2 Å². The lowest BCUT2D eigenvalue weighted by atomic mass is 9.92. The molecule has 4 rings (SSSR count). The van der Waals surface area contributed by atoms with Crippen LogP contribution < -0.4 is 15.3 Å². The molecule has 3 aromatic rings. The van der Waals surface area contributed by atoms with E-state index in [4.69, 9.17) is 38.5 Å². The number of benzene rings is 1. The number of ether oxygens (including phenoxy) is 5. The fourth-order valence-electron chi connectivity index (χ4n) is 5.27. The van der Waals surface area contributed by atoms with Crippen molar-refractivity contribution in [3.8, 4) is 5.75 Å².